The van der Waals surface area contributed by atoms with Gasteiger partial charge in [0.05, 0.1) is 12.5 Å². The summed E-state index contributed by atoms with van der Waals surface area (Å²) in [5, 5.41) is 15.6. The molecule has 0 aliphatic rings. The number of nitrogens with zero attached hydrogens (tertiary/aromatic N) is 4. The molecule has 88 valence electrons. The van der Waals surface area contributed by atoms with Crippen molar-refractivity contribution < 1.29 is 13.5 Å². The van der Waals surface area contributed by atoms with E-state index in [2.05, 4.69) is 10.3 Å². The zero-order chi connectivity index (χ0) is 12.0. The number of alkyl halides is 2. The van der Waals surface area contributed by atoms with Crippen LogP contribution >= 0.6 is 0 Å². The van der Waals surface area contributed by atoms with Crippen LogP contribution in [0, 0.1) is 11.3 Å². The number of halogens is 2. The lowest BCUT2D eigenvalue weighted by Crippen LogP contribution is -2.08. The number of aryl methyl sites for hydroxylation is 1. The van der Waals surface area contributed by atoms with Gasteiger partial charge in [0.1, 0.15) is 11.4 Å². The monoisotopic (exact) mass is 230 g/mol. The van der Waals surface area contributed by atoms with Crippen LogP contribution in [0.5, 0.6) is 0 Å². The molecule has 0 fully saturated rings. The zero-order valence-corrected chi connectivity index (χ0v) is 8.86. The van der Waals surface area contributed by atoms with Crippen LogP contribution < -0.4 is 0 Å². The summed E-state index contributed by atoms with van der Waals surface area (Å²) in [5.41, 5.74) is -0.215. The molecule has 7 heteroatoms. The van der Waals surface area contributed by atoms with Crippen molar-refractivity contribution >= 4 is 0 Å². The molecule has 0 aliphatic heterocycles. The third-order valence-corrected chi connectivity index (χ3v) is 2.02. The number of rotatable bonds is 6. The molecule has 0 spiro atoms. The Morgan fingerprint density at radius 1 is 1.56 bits per heavy atom. The molecule has 5 nitrogen and oxygen atoms in total. The second kappa shape index (κ2) is 6.12. The fourth-order valence-electron chi connectivity index (χ4n) is 1.32. The predicted molar refractivity (Wildman–Crippen MR) is 50.8 cm³/mol. The summed E-state index contributed by atoms with van der Waals surface area (Å²) in [6.45, 7) is 0.780. The zero-order valence-electron chi connectivity index (χ0n) is 8.86. The fourth-order valence-corrected chi connectivity index (χ4v) is 1.32. The number of hydrogen-bond acceptors (Lipinski definition) is 4. The van der Waals surface area contributed by atoms with Crippen LogP contribution in [-0.2, 0) is 17.7 Å². The topological polar surface area (TPSA) is 63.7 Å². The molecule has 0 N–H and O–H groups in total. The maximum absolute atomic E-state index is 12.7. The van der Waals surface area contributed by atoms with Crippen molar-refractivity contribution in [2.75, 3.05) is 13.7 Å². The molecule has 0 saturated heterocycles. The molecule has 16 heavy (non-hydrogen) atoms. The van der Waals surface area contributed by atoms with Gasteiger partial charge in [-0.05, 0) is 6.42 Å². The summed E-state index contributed by atoms with van der Waals surface area (Å²) in [7, 11) is 1.54. The Morgan fingerprint density at radius 2 is 2.31 bits per heavy atom. The molecule has 0 aliphatic carbocycles. The largest absolute Gasteiger partial charge is 0.385 e. The number of nitriles is 1. The van der Waals surface area contributed by atoms with E-state index in [0.29, 0.717) is 19.6 Å². The summed E-state index contributed by atoms with van der Waals surface area (Å²) >= 11 is 0. The summed E-state index contributed by atoms with van der Waals surface area (Å²) in [6, 6.07) is 1.79. The van der Waals surface area contributed by atoms with Crippen LogP contribution in [0.4, 0.5) is 8.78 Å². The van der Waals surface area contributed by atoms with Gasteiger partial charge in [0.2, 0.25) is 0 Å². The molecular weight excluding hydrogens is 218 g/mol. The van der Waals surface area contributed by atoms with E-state index in [0.717, 1.165) is 4.68 Å². The minimum absolute atomic E-state index is 0.0508. The maximum Gasteiger partial charge on any atom is 0.281 e. The van der Waals surface area contributed by atoms with Gasteiger partial charge < -0.3 is 4.74 Å². The van der Waals surface area contributed by atoms with Crippen LogP contribution in [0.25, 0.3) is 0 Å². The van der Waals surface area contributed by atoms with E-state index in [9.17, 15) is 8.78 Å². The molecule has 0 unspecified atom stereocenters. The third kappa shape index (κ3) is 2.97. The van der Waals surface area contributed by atoms with Crippen molar-refractivity contribution in [2.24, 2.45) is 0 Å². The molecular formula is C9H12F2N4O. The first kappa shape index (κ1) is 12.5. The highest BCUT2D eigenvalue weighted by molar-refractivity contribution is 5.15. The van der Waals surface area contributed by atoms with Crippen molar-refractivity contribution in [1.82, 2.24) is 15.0 Å². The van der Waals surface area contributed by atoms with Crippen LogP contribution in [0.15, 0.2) is 0 Å². The first-order valence-corrected chi connectivity index (χ1v) is 4.77. The Balaban J connectivity index is 2.79. The molecule has 1 heterocycles. The first-order chi connectivity index (χ1) is 7.70. The van der Waals surface area contributed by atoms with Gasteiger partial charge in [0.25, 0.3) is 6.43 Å². The van der Waals surface area contributed by atoms with Gasteiger partial charge in [-0.15, -0.1) is 5.10 Å². The average Bonchev–Trinajstić information content (AvgIpc) is 2.62. The van der Waals surface area contributed by atoms with Gasteiger partial charge in [-0.25, -0.2) is 13.5 Å². The summed E-state index contributed by atoms with van der Waals surface area (Å²) in [4.78, 5) is 0. The Bertz CT molecular complexity index is 372. The summed E-state index contributed by atoms with van der Waals surface area (Å²) < 4.78 is 31.4. The lowest BCUT2D eigenvalue weighted by atomic mass is 10.2. The van der Waals surface area contributed by atoms with Crippen molar-refractivity contribution in [3.8, 4) is 6.07 Å². The van der Waals surface area contributed by atoms with Crippen LogP contribution in [0.1, 0.15) is 24.2 Å². The second-order valence-corrected chi connectivity index (χ2v) is 3.13. The Hall–Kier alpha value is -1.55. The normalized spacial score (nSPS) is 10.7. The average molecular weight is 230 g/mol. The number of hydrogen-bond donors (Lipinski definition) is 0. The minimum Gasteiger partial charge on any atom is -0.385 e. The van der Waals surface area contributed by atoms with Crippen LogP contribution in [0.3, 0.4) is 0 Å². The SMILES string of the molecule is COCCCn1nnc(CC#N)c1C(F)F. The molecule has 0 bridgehead atoms. The molecule has 1 rings (SSSR count). The standard InChI is InChI=1S/C9H12F2N4O/c1-16-6-2-5-15-8(9(10)11)7(3-4-12)13-14-15/h9H,2-3,5-6H2,1H3. The van der Waals surface area contributed by atoms with Crippen molar-refractivity contribution in [2.45, 2.75) is 25.8 Å². The van der Waals surface area contributed by atoms with Gasteiger partial charge in [0.15, 0.2) is 0 Å². The molecule has 0 amide bonds. The number of ether oxygens (including phenoxy) is 1. The van der Waals surface area contributed by atoms with Crippen molar-refractivity contribution in [3.63, 3.8) is 0 Å². The van der Waals surface area contributed by atoms with Gasteiger partial charge in [-0.1, -0.05) is 5.21 Å². The molecule has 0 atom stereocenters. The first-order valence-electron chi connectivity index (χ1n) is 4.77. The minimum atomic E-state index is -2.67. The molecule has 0 saturated carbocycles. The highest BCUT2D eigenvalue weighted by Crippen LogP contribution is 2.21. The fraction of sp³-hybridized carbons (Fsp3) is 0.667. The van der Waals surface area contributed by atoms with E-state index in [1.807, 2.05) is 0 Å². The number of methoxy groups -OCH3 is 1. The van der Waals surface area contributed by atoms with E-state index < -0.39 is 6.43 Å². The van der Waals surface area contributed by atoms with Crippen molar-refractivity contribution in [1.29, 1.82) is 5.26 Å². The third-order valence-electron chi connectivity index (χ3n) is 2.02. The molecule has 1 aromatic heterocycles. The van der Waals surface area contributed by atoms with E-state index in [1.165, 1.54) is 7.11 Å². The smallest absolute Gasteiger partial charge is 0.281 e. The second-order valence-electron chi connectivity index (χ2n) is 3.13. The van der Waals surface area contributed by atoms with Gasteiger partial charge in [0, 0.05) is 20.3 Å². The lowest BCUT2D eigenvalue weighted by Gasteiger charge is -2.05. The van der Waals surface area contributed by atoms with E-state index in [4.69, 9.17) is 10.00 Å². The van der Waals surface area contributed by atoms with E-state index in [-0.39, 0.29) is 17.8 Å². The summed E-state index contributed by atoms with van der Waals surface area (Å²) in [5.74, 6) is 0. The molecule has 0 aromatic carbocycles. The van der Waals surface area contributed by atoms with Crippen LogP contribution in [0.2, 0.25) is 0 Å². The van der Waals surface area contributed by atoms with Crippen LogP contribution in [-0.4, -0.2) is 28.7 Å². The molecule has 0 radical (unpaired) electrons. The Morgan fingerprint density at radius 3 is 2.88 bits per heavy atom. The van der Waals surface area contributed by atoms with Gasteiger partial charge in [-0.2, -0.15) is 5.26 Å². The highest BCUT2D eigenvalue weighted by atomic mass is 19.3. The highest BCUT2D eigenvalue weighted by Gasteiger charge is 2.21. The predicted octanol–water partition coefficient (Wildman–Crippen LogP) is 1.32. The lowest BCUT2D eigenvalue weighted by molar-refractivity contribution is 0.135. The Labute approximate surface area is 91.6 Å². The van der Waals surface area contributed by atoms with E-state index >= 15 is 0 Å². The quantitative estimate of drug-likeness (QED) is 0.691. The Kier molecular flexibility index (Phi) is 4.79. The van der Waals surface area contributed by atoms with Crippen molar-refractivity contribution in [3.05, 3.63) is 11.4 Å². The van der Waals surface area contributed by atoms with Gasteiger partial charge in [-0.3, -0.25) is 0 Å². The molecule has 1 aromatic rings. The van der Waals surface area contributed by atoms with E-state index in [1.54, 1.807) is 6.07 Å². The maximum atomic E-state index is 12.7. The number of aromatic nitrogens is 3. The van der Waals surface area contributed by atoms with Gasteiger partial charge >= 0.3 is 0 Å². The summed E-state index contributed by atoms with van der Waals surface area (Å²) in [6.07, 6.45) is -2.24.